The van der Waals surface area contributed by atoms with Gasteiger partial charge in [-0.05, 0) is 68.4 Å². The van der Waals surface area contributed by atoms with Gasteiger partial charge in [-0.15, -0.1) is 11.8 Å². The summed E-state index contributed by atoms with van der Waals surface area (Å²) in [6.07, 6.45) is 1.69. The van der Waals surface area contributed by atoms with Crippen LogP contribution in [0.5, 0.6) is 0 Å². The summed E-state index contributed by atoms with van der Waals surface area (Å²) < 4.78 is 2.18. The molecule has 7 heteroatoms. The molecule has 1 N–H and O–H groups in total. The molecule has 0 fully saturated rings. The van der Waals surface area contributed by atoms with Gasteiger partial charge >= 0.3 is 0 Å². The minimum atomic E-state index is -0.153. The van der Waals surface area contributed by atoms with Crippen LogP contribution in [0.25, 0.3) is 5.69 Å². The Morgan fingerprint density at radius 2 is 1.80 bits per heavy atom. The maximum atomic E-state index is 12.1. The van der Waals surface area contributed by atoms with Crippen molar-refractivity contribution in [2.75, 3.05) is 24.7 Å². The molecule has 0 saturated carbocycles. The summed E-state index contributed by atoms with van der Waals surface area (Å²) >= 11 is 7.32. The van der Waals surface area contributed by atoms with Gasteiger partial charge in [0.2, 0.25) is 5.91 Å². The number of rotatable bonds is 7. The molecule has 0 aliphatic heterocycles. The van der Waals surface area contributed by atoms with E-state index in [1.54, 1.807) is 6.21 Å². The van der Waals surface area contributed by atoms with Gasteiger partial charge in [0.1, 0.15) is 0 Å². The number of benzene rings is 2. The van der Waals surface area contributed by atoms with E-state index in [2.05, 4.69) is 57.2 Å². The van der Waals surface area contributed by atoms with Crippen molar-refractivity contribution in [3.8, 4) is 5.69 Å². The molecule has 5 nitrogen and oxygen atoms in total. The predicted molar refractivity (Wildman–Crippen MR) is 127 cm³/mol. The number of nitrogens with one attached hydrogen (secondary N) is 1. The Morgan fingerprint density at radius 1 is 1.13 bits per heavy atom. The second-order valence-corrected chi connectivity index (χ2v) is 8.59. The van der Waals surface area contributed by atoms with Crippen LogP contribution in [-0.2, 0) is 4.79 Å². The van der Waals surface area contributed by atoms with Crippen molar-refractivity contribution in [3.05, 3.63) is 76.6 Å². The van der Waals surface area contributed by atoms with Crippen LogP contribution in [0.15, 0.2) is 64.6 Å². The Labute approximate surface area is 186 Å². The first kappa shape index (κ1) is 22.0. The van der Waals surface area contributed by atoms with Gasteiger partial charge in [-0.1, -0.05) is 11.6 Å². The molecule has 0 spiro atoms. The third-order valence-corrected chi connectivity index (χ3v) is 5.94. The van der Waals surface area contributed by atoms with E-state index >= 15 is 0 Å². The number of halogens is 1. The van der Waals surface area contributed by atoms with Crippen LogP contribution in [0.4, 0.5) is 5.69 Å². The highest BCUT2D eigenvalue weighted by atomic mass is 35.5. The minimum absolute atomic E-state index is 0.153. The molecule has 1 aromatic heterocycles. The topological polar surface area (TPSA) is 49.6 Å². The molecule has 1 amide bonds. The first-order chi connectivity index (χ1) is 14.3. The lowest BCUT2D eigenvalue weighted by Crippen LogP contribution is -2.19. The minimum Gasteiger partial charge on any atom is -0.378 e. The third kappa shape index (κ3) is 5.46. The molecule has 1 heterocycles. The van der Waals surface area contributed by atoms with E-state index in [1.807, 2.05) is 45.3 Å². The van der Waals surface area contributed by atoms with Crippen molar-refractivity contribution in [2.45, 2.75) is 18.7 Å². The predicted octanol–water partition coefficient (Wildman–Crippen LogP) is 5.06. The lowest BCUT2D eigenvalue weighted by Gasteiger charge is -2.14. The van der Waals surface area contributed by atoms with Crippen molar-refractivity contribution in [2.24, 2.45) is 5.10 Å². The van der Waals surface area contributed by atoms with Gasteiger partial charge in [-0.2, -0.15) is 5.10 Å². The van der Waals surface area contributed by atoms with Gasteiger partial charge in [-0.25, -0.2) is 5.43 Å². The maximum Gasteiger partial charge on any atom is 0.250 e. The van der Waals surface area contributed by atoms with Crippen molar-refractivity contribution < 1.29 is 4.79 Å². The van der Waals surface area contributed by atoms with E-state index in [0.717, 1.165) is 33.2 Å². The molecule has 0 unspecified atom stereocenters. The van der Waals surface area contributed by atoms with Gasteiger partial charge in [-0.3, -0.25) is 4.79 Å². The standard InChI is InChI=1S/C23H25ClN4OS/c1-16-13-18(17(2)28(16)21-9-7-20(8-10-21)27(3)4)14-25-26-23(29)15-30-22-11-5-19(24)6-12-22/h5-14H,15H2,1-4H3,(H,26,29)/b25-14-. The van der Waals surface area contributed by atoms with Gasteiger partial charge in [0, 0.05) is 52.3 Å². The number of anilines is 1. The molecule has 0 radical (unpaired) electrons. The monoisotopic (exact) mass is 440 g/mol. The van der Waals surface area contributed by atoms with E-state index in [4.69, 9.17) is 11.6 Å². The molecule has 2 aromatic carbocycles. The average molecular weight is 441 g/mol. The molecule has 0 bridgehead atoms. The quantitative estimate of drug-likeness (QED) is 0.317. The van der Waals surface area contributed by atoms with Gasteiger partial charge in [0.05, 0.1) is 12.0 Å². The van der Waals surface area contributed by atoms with Gasteiger partial charge < -0.3 is 9.47 Å². The summed E-state index contributed by atoms with van der Waals surface area (Å²) in [7, 11) is 4.05. The molecule has 0 aliphatic rings. The van der Waals surface area contributed by atoms with Gasteiger partial charge in [0.15, 0.2) is 0 Å². The molecule has 0 saturated heterocycles. The molecule has 3 rings (SSSR count). The number of hydrogen-bond acceptors (Lipinski definition) is 4. The number of carbonyl (C=O) groups is 1. The second-order valence-electron chi connectivity index (χ2n) is 7.11. The number of amides is 1. The van der Waals surface area contributed by atoms with E-state index in [-0.39, 0.29) is 11.7 Å². The lowest BCUT2D eigenvalue weighted by molar-refractivity contribution is -0.118. The Morgan fingerprint density at radius 3 is 2.43 bits per heavy atom. The van der Waals surface area contributed by atoms with Crippen molar-refractivity contribution in [3.63, 3.8) is 0 Å². The van der Waals surface area contributed by atoms with Crippen molar-refractivity contribution in [1.29, 1.82) is 0 Å². The molecule has 0 atom stereocenters. The number of hydrazone groups is 1. The zero-order valence-corrected chi connectivity index (χ0v) is 19.1. The van der Waals surface area contributed by atoms with Crippen LogP contribution in [0.2, 0.25) is 5.02 Å². The number of aryl methyl sites for hydroxylation is 1. The molecule has 30 heavy (non-hydrogen) atoms. The van der Waals surface area contributed by atoms with E-state index in [1.165, 1.54) is 11.8 Å². The SMILES string of the molecule is Cc1cc(/C=N\NC(=O)CSc2ccc(Cl)cc2)c(C)n1-c1ccc(N(C)C)cc1. The third-order valence-electron chi connectivity index (χ3n) is 4.67. The highest BCUT2D eigenvalue weighted by Crippen LogP contribution is 2.22. The number of nitrogens with zero attached hydrogens (tertiary/aromatic N) is 3. The summed E-state index contributed by atoms with van der Waals surface area (Å²) in [6, 6.07) is 17.9. The summed E-state index contributed by atoms with van der Waals surface area (Å²) in [4.78, 5) is 15.1. The van der Waals surface area contributed by atoms with Gasteiger partial charge in [0.25, 0.3) is 0 Å². The highest BCUT2D eigenvalue weighted by Gasteiger charge is 2.10. The largest absolute Gasteiger partial charge is 0.378 e. The molecule has 3 aromatic rings. The fourth-order valence-electron chi connectivity index (χ4n) is 3.10. The van der Waals surface area contributed by atoms with Crippen LogP contribution >= 0.6 is 23.4 Å². The number of hydrogen-bond donors (Lipinski definition) is 1. The molecular weight excluding hydrogens is 416 g/mol. The fraction of sp³-hybridized carbons (Fsp3) is 0.217. The second kappa shape index (κ2) is 9.87. The number of aromatic nitrogens is 1. The first-order valence-electron chi connectivity index (χ1n) is 9.52. The zero-order chi connectivity index (χ0) is 21.7. The summed E-state index contributed by atoms with van der Waals surface area (Å²) in [6.45, 7) is 4.11. The molecule has 0 aliphatic carbocycles. The molecular formula is C23H25ClN4OS. The number of thioether (sulfide) groups is 1. The smallest absolute Gasteiger partial charge is 0.250 e. The maximum absolute atomic E-state index is 12.1. The Kier molecular flexibility index (Phi) is 7.24. The summed E-state index contributed by atoms with van der Waals surface area (Å²) in [5.74, 6) is 0.134. The first-order valence-corrected chi connectivity index (χ1v) is 10.9. The van der Waals surface area contributed by atoms with Crippen LogP contribution in [0.1, 0.15) is 17.0 Å². The van der Waals surface area contributed by atoms with Crippen molar-refractivity contribution in [1.82, 2.24) is 9.99 Å². The lowest BCUT2D eigenvalue weighted by atomic mass is 10.2. The van der Waals surface area contributed by atoms with E-state index in [9.17, 15) is 4.79 Å². The fourth-order valence-corrected chi connectivity index (χ4v) is 3.92. The molecule has 156 valence electrons. The van der Waals surface area contributed by atoms with Crippen LogP contribution in [-0.4, -0.2) is 36.5 Å². The Hall–Kier alpha value is -2.70. The van der Waals surface area contributed by atoms with Crippen LogP contribution in [0.3, 0.4) is 0 Å². The summed E-state index contributed by atoms with van der Waals surface area (Å²) in [5, 5.41) is 4.82. The average Bonchev–Trinajstić information content (AvgIpc) is 3.01. The zero-order valence-electron chi connectivity index (χ0n) is 17.5. The Bertz CT molecular complexity index is 1040. The van der Waals surface area contributed by atoms with Crippen molar-refractivity contribution >= 4 is 41.2 Å². The van der Waals surface area contributed by atoms with E-state index < -0.39 is 0 Å². The van der Waals surface area contributed by atoms with Crippen LogP contribution < -0.4 is 10.3 Å². The normalized spacial score (nSPS) is 11.1. The van der Waals surface area contributed by atoms with E-state index in [0.29, 0.717) is 5.02 Å². The Balaban J connectivity index is 1.62. The highest BCUT2D eigenvalue weighted by molar-refractivity contribution is 8.00. The van der Waals surface area contributed by atoms with Crippen LogP contribution in [0, 0.1) is 13.8 Å². The summed E-state index contributed by atoms with van der Waals surface area (Å²) in [5.41, 5.74) is 7.99. The number of carbonyl (C=O) groups excluding carboxylic acids is 1.